The molecule has 2 saturated heterocycles. The summed E-state index contributed by atoms with van der Waals surface area (Å²) in [5, 5.41) is 12.4. The number of halogens is 1. The van der Waals surface area contributed by atoms with Crippen molar-refractivity contribution in [3.05, 3.63) is 58.1 Å². The van der Waals surface area contributed by atoms with E-state index in [0.29, 0.717) is 22.6 Å². The van der Waals surface area contributed by atoms with Gasteiger partial charge in [0.05, 0.1) is 6.54 Å². The summed E-state index contributed by atoms with van der Waals surface area (Å²) in [6, 6.07) is 11.9. The summed E-state index contributed by atoms with van der Waals surface area (Å²) in [7, 11) is 0. The van der Waals surface area contributed by atoms with E-state index < -0.39 is 12.4 Å². The average molecular weight is 475 g/mol. The van der Waals surface area contributed by atoms with Crippen LogP contribution in [0.15, 0.2) is 46.9 Å². The van der Waals surface area contributed by atoms with Crippen molar-refractivity contribution in [1.29, 1.82) is 0 Å². The molecule has 0 saturated carbocycles. The molecule has 0 spiro atoms. The van der Waals surface area contributed by atoms with Crippen molar-refractivity contribution in [2.45, 2.75) is 25.2 Å². The lowest BCUT2D eigenvalue weighted by Crippen LogP contribution is -2.33. The van der Waals surface area contributed by atoms with Gasteiger partial charge >= 0.3 is 0 Å². The van der Waals surface area contributed by atoms with Crippen LogP contribution in [0, 0.1) is 0 Å². The maximum absolute atomic E-state index is 12.6. The smallest absolute Gasteiger partial charge is 0.255 e. The minimum absolute atomic E-state index is 0.174. The molecule has 9 heteroatoms. The van der Waals surface area contributed by atoms with Crippen molar-refractivity contribution < 1.29 is 29.0 Å². The maximum atomic E-state index is 12.6. The number of amides is 3. The molecule has 3 amide bonds. The van der Waals surface area contributed by atoms with Gasteiger partial charge < -0.3 is 19.9 Å². The van der Waals surface area contributed by atoms with Crippen molar-refractivity contribution in [3.63, 3.8) is 0 Å². The maximum Gasteiger partial charge on any atom is 0.255 e. The fourth-order valence-corrected chi connectivity index (χ4v) is 3.62. The van der Waals surface area contributed by atoms with E-state index in [9.17, 15) is 19.5 Å². The monoisotopic (exact) mass is 474 g/mol. The number of imide groups is 1. The topological polar surface area (TPSA) is 108 Å². The van der Waals surface area contributed by atoms with Gasteiger partial charge in [-0.25, -0.2) is 0 Å². The summed E-state index contributed by atoms with van der Waals surface area (Å²) >= 11 is 3.38. The van der Waals surface area contributed by atoms with Gasteiger partial charge in [-0.2, -0.15) is 0 Å². The fourth-order valence-electron chi connectivity index (χ4n) is 3.24. The number of anilines is 1. The number of rotatable bonds is 7. The summed E-state index contributed by atoms with van der Waals surface area (Å²) in [4.78, 5) is 37.0. The Kier molecular flexibility index (Phi) is 5.85. The number of ether oxygens (including phenoxy) is 2. The van der Waals surface area contributed by atoms with Crippen molar-refractivity contribution in [1.82, 2.24) is 4.90 Å². The highest BCUT2D eigenvalue weighted by Gasteiger charge is 2.40. The van der Waals surface area contributed by atoms with Gasteiger partial charge in [0.15, 0.2) is 6.29 Å². The predicted molar refractivity (Wildman–Crippen MR) is 110 cm³/mol. The number of benzene rings is 2. The van der Waals surface area contributed by atoms with E-state index >= 15 is 0 Å². The molecule has 2 aliphatic heterocycles. The van der Waals surface area contributed by atoms with Crippen molar-refractivity contribution >= 4 is 39.3 Å². The highest BCUT2D eigenvalue weighted by Crippen LogP contribution is 2.41. The van der Waals surface area contributed by atoms with E-state index in [0.717, 1.165) is 4.47 Å². The van der Waals surface area contributed by atoms with Crippen LogP contribution in [0.25, 0.3) is 0 Å². The van der Waals surface area contributed by atoms with E-state index in [1.54, 1.807) is 42.5 Å². The van der Waals surface area contributed by atoms with Gasteiger partial charge in [-0.05, 0) is 42.5 Å². The van der Waals surface area contributed by atoms with Crippen LogP contribution < -0.4 is 10.1 Å². The zero-order valence-corrected chi connectivity index (χ0v) is 17.4. The van der Waals surface area contributed by atoms with Crippen LogP contribution in [0.5, 0.6) is 5.75 Å². The third kappa shape index (κ3) is 4.53. The molecule has 2 heterocycles. The molecule has 0 aromatic heterocycles. The van der Waals surface area contributed by atoms with E-state index in [4.69, 9.17) is 9.47 Å². The van der Waals surface area contributed by atoms with Gasteiger partial charge in [-0.3, -0.25) is 19.3 Å². The van der Waals surface area contributed by atoms with Crippen LogP contribution in [0.4, 0.5) is 5.69 Å². The molecule has 0 radical (unpaired) electrons. The van der Waals surface area contributed by atoms with Crippen molar-refractivity contribution in [2.75, 3.05) is 18.5 Å². The molecule has 2 unspecified atom stereocenters. The molecule has 2 aromatic rings. The SMILES string of the molecule is O=C(Nc1ccc(Br)cc1C1OC1O)c1ccc(OCCN2C(=O)CCC2=O)cc1. The Morgan fingerprint density at radius 1 is 1.17 bits per heavy atom. The predicted octanol–water partition coefficient (Wildman–Crippen LogP) is 2.62. The molecule has 2 N–H and O–H groups in total. The van der Waals surface area contributed by atoms with E-state index in [2.05, 4.69) is 21.2 Å². The van der Waals surface area contributed by atoms with Crippen LogP contribution >= 0.6 is 15.9 Å². The summed E-state index contributed by atoms with van der Waals surface area (Å²) < 4.78 is 11.5. The number of hydrogen-bond acceptors (Lipinski definition) is 6. The Morgan fingerprint density at radius 3 is 2.47 bits per heavy atom. The number of nitrogens with one attached hydrogen (secondary N) is 1. The van der Waals surface area contributed by atoms with Crippen molar-refractivity contribution in [2.24, 2.45) is 0 Å². The first-order chi connectivity index (χ1) is 14.4. The molecule has 0 aliphatic carbocycles. The fraction of sp³-hybridized carbons (Fsp3) is 0.286. The third-order valence-electron chi connectivity index (χ3n) is 4.89. The average Bonchev–Trinajstić information content (AvgIpc) is 3.38. The van der Waals surface area contributed by atoms with Gasteiger partial charge in [-0.1, -0.05) is 15.9 Å². The Bertz CT molecular complexity index is 977. The number of epoxide rings is 1. The summed E-state index contributed by atoms with van der Waals surface area (Å²) in [5.74, 6) is -0.128. The lowest BCUT2D eigenvalue weighted by atomic mass is 10.1. The van der Waals surface area contributed by atoms with Crippen LogP contribution in [0.2, 0.25) is 0 Å². The lowest BCUT2D eigenvalue weighted by molar-refractivity contribution is -0.138. The first-order valence-corrected chi connectivity index (χ1v) is 10.2. The Labute approximate surface area is 180 Å². The second-order valence-electron chi connectivity index (χ2n) is 6.94. The largest absolute Gasteiger partial charge is 0.492 e. The standard InChI is InChI=1S/C21H19BrN2O6/c22-13-3-6-16(15(11-13)19-21(28)30-19)23-20(27)12-1-4-14(5-2-12)29-10-9-24-17(25)7-8-18(24)26/h1-6,11,19,21,28H,7-10H2,(H,23,27). The van der Waals surface area contributed by atoms with Crippen LogP contribution in [-0.4, -0.2) is 47.2 Å². The van der Waals surface area contributed by atoms with Gasteiger partial charge in [0, 0.05) is 34.1 Å². The minimum Gasteiger partial charge on any atom is -0.492 e. The first kappa shape index (κ1) is 20.5. The Balaban J connectivity index is 1.34. The van der Waals surface area contributed by atoms with Gasteiger partial charge in [0.2, 0.25) is 11.8 Å². The quantitative estimate of drug-likeness (QED) is 0.471. The number of carbonyl (C=O) groups is 3. The number of hydrogen-bond donors (Lipinski definition) is 2. The Hall–Kier alpha value is -2.75. The van der Waals surface area contributed by atoms with Crippen LogP contribution in [0.3, 0.4) is 0 Å². The molecule has 156 valence electrons. The van der Waals surface area contributed by atoms with Gasteiger partial charge in [-0.15, -0.1) is 0 Å². The molecular weight excluding hydrogens is 456 g/mol. The summed E-state index contributed by atoms with van der Waals surface area (Å²) in [6.45, 7) is 0.399. The second-order valence-corrected chi connectivity index (χ2v) is 7.86. The van der Waals surface area contributed by atoms with E-state index in [-0.39, 0.29) is 43.7 Å². The van der Waals surface area contributed by atoms with Gasteiger partial charge in [0.25, 0.3) is 5.91 Å². The molecule has 2 atom stereocenters. The summed E-state index contributed by atoms with van der Waals surface area (Å²) in [5.41, 5.74) is 1.68. The normalized spacial score (nSPS) is 20.4. The Morgan fingerprint density at radius 2 is 1.83 bits per heavy atom. The van der Waals surface area contributed by atoms with Crippen LogP contribution in [0.1, 0.15) is 34.9 Å². The second kappa shape index (κ2) is 8.55. The summed E-state index contributed by atoms with van der Waals surface area (Å²) in [6.07, 6.45) is -0.802. The highest BCUT2D eigenvalue weighted by atomic mass is 79.9. The molecule has 4 rings (SSSR count). The molecule has 0 bridgehead atoms. The number of nitrogens with zero attached hydrogens (tertiary/aromatic N) is 1. The number of carbonyl (C=O) groups excluding carboxylic acids is 3. The lowest BCUT2D eigenvalue weighted by Gasteiger charge is -2.14. The molecule has 2 aliphatic rings. The number of aliphatic hydroxyl groups is 1. The first-order valence-electron chi connectivity index (χ1n) is 9.43. The zero-order valence-electron chi connectivity index (χ0n) is 15.8. The molecule has 8 nitrogen and oxygen atoms in total. The number of aliphatic hydroxyl groups excluding tert-OH is 1. The molecule has 2 aromatic carbocycles. The third-order valence-corrected chi connectivity index (χ3v) is 5.38. The van der Waals surface area contributed by atoms with Crippen molar-refractivity contribution in [3.8, 4) is 5.75 Å². The van der Waals surface area contributed by atoms with E-state index in [1.165, 1.54) is 4.90 Å². The number of likely N-dealkylation sites (tertiary alicyclic amines) is 1. The molecular formula is C21H19BrN2O6. The van der Waals surface area contributed by atoms with E-state index in [1.807, 2.05) is 0 Å². The molecule has 2 fully saturated rings. The zero-order chi connectivity index (χ0) is 21.3. The minimum atomic E-state index is -0.863. The van der Waals surface area contributed by atoms with Crippen LogP contribution in [-0.2, 0) is 14.3 Å². The molecule has 30 heavy (non-hydrogen) atoms. The highest BCUT2D eigenvalue weighted by molar-refractivity contribution is 9.10. The van der Waals surface area contributed by atoms with Gasteiger partial charge in [0.1, 0.15) is 18.5 Å².